The second kappa shape index (κ2) is 7.49. The summed E-state index contributed by atoms with van der Waals surface area (Å²) in [5, 5.41) is 10.0. The minimum absolute atomic E-state index is 0.0102. The summed E-state index contributed by atoms with van der Waals surface area (Å²) in [4.78, 5) is 26.4. The third kappa shape index (κ3) is 3.50. The number of allylic oxidation sites excluding steroid dienone is 2. The van der Waals surface area contributed by atoms with Crippen LogP contribution in [0.5, 0.6) is 5.75 Å². The number of carbonyl (C=O) groups excluding carboxylic acids is 1. The van der Waals surface area contributed by atoms with Crippen LogP contribution in [0.4, 0.5) is 0 Å². The van der Waals surface area contributed by atoms with E-state index in [9.17, 15) is 14.7 Å². The summed E-state index contributed by atoms with van der Waals surface area (Å²) in [5.41, 5.74) is -0.216. The molecule has 3 rings (SSSR count). The number of nitrogens with zero attached hydrogens (tertiary/aromatic N) is 1. The van der Waals surface area contributed by atoms with Crippen LogP contribution in [0, 0.1) is 0 Å². The van der Waals surface area contributed by atoms with Crippen LogP contribution >= 0.6 is 0 Å². The second-order valence-corrected chi connectivity index (χ2v) is 5.68. The van der Waals surface area contributed by atoms with Crippen molar-refractivity contribution in [2.24, 2.45) is 0 Å². The highest BCUT2D eigenvalue weighted by molar-refractivity contribution is 6.10. The summed E-state index contributed by atoms with van der Waals surface area (Å²) in [5.74, 6) is -0.867. The maximum atomic E-state index is 12.3. The summed E-state index contributed by atoms with van der Waals surface area (Å²) in [7, 11) is 2.69. The summed E-state index contributed by atoms with van der Waals surface area (Å²) < 4.78 is 21.1. The van der Waals surface area contributed by atoms with E-state index < -0.39 is 17.0 Å². The molecule has 0 atom stereocenters. The van der Waals surface area contributed by atoms with Gasteiger partial charge in [-0.25, -0.2) is 0 Å². The van der Waals surface area contributed by atoms with Crippen molar-refractivity contribution < 1.29 is 28.5 Å². The summed E-state index contributed by atoms with van der Waals surface area (Å²) in [6.07, 6.45) is 4.47. The smallest absolute Gasteiger partial charge is 0.263 e. The molecule has 1 aliphatic heterocycles. The van der Waals surface area contributed by atoms with Crippen molar-refractivity contribution in [3.05, 3.63) is 50.8 Å². The van der Waals surface area contributed by atoms with Crippen molar-refractivity contribution in [1.82, 2.24) is 4.90 Å². The third-order valence-electron chi connectivity index (χ3n) is 4.02. The molecule has 26 heavy (non-hydrogen) atoms. The number of rotatable bonds is 3. The van der Waals surface area contributed by atoms with Gasteiger partial charge in [0.1, 0.15) is 5.42 Å². The maximum absolute atomic E-state index is 12.3. The Kier molecular flexibility index (Phi) is 5.13. The first-order valence-electron chi connectivity index (χ1n) is 8.00. The molecule has 1 aromatic heterocycles. The fourth-order valence-electron chi connectivity index (χ4n) is 2.66. The second-order valence-electron chi connectivity index (χ2n) is 5.68. The SMILES string of the molecule is COC1=CC(=c2o/c(=C/N3CCOCC3)cc(O)c2=O)C=C(OC)C1=O. The van der Waals surface area contributed by atoms with Gasteiger partial charge in [0.2, 0.25) is 0 Å². The zero-order valence-electron chi connectivity index (χ0n) is 14.5. The molecule has 2 aliphatic rings. The van der Waals surface area contributed by atoms with Gasteiger partial charge in [-0.05, 0) is 12.2 Å². The molecule has 138 valence electrons. The molecule has 0 amide bonds. The minimum Gasteiger partial charge on any atom is -0.504 e. The highest BCUT2D eigenvalue weighted by Crippen LogP contribution is 2.19. The summed E-state index contributed by atoms with van der Waals surface area (Å²) in [6.45, 7) is 2.54. The van der Waals surface area contributed by atoms with E-state index in [4.69, 9.17) is 18.6 Å². The fourth-order valence-corrected chi connectivity index (χ4v) is 2.66. The van der Waals surface area contributed by atoms with Gasteiger partial charge in [-0.1, -0.05) is 0 Å². The van der Waals surface area contributed by atoms with Gasteiger partial charge >= 0.3 is 0 Å². The molecule has 1 fully saturated rings. The van der Waals surface area contributed by atoms with Crippen LogP contribution in [0.1, 0.15) is 0 Å². The molecule has 1 N–H and O–H groups in total. The number of hydrogen-bond donors (Lipinski definition) is 1. The molecule has 0 unspecified atom stereocenters. The zero-order chi connectivity index (χ0) is 18.7. The van der Waals surface area contributed by atoms with Gasteiger partial charge in [-0.3, -0.25) is 9.59 Å². The van der Waals surface area contributed by atoms with Crippen molar-refractivity contribution in [3.63, 3.8) is 0 Å². The van der Waals surface area contributed by atoms with Crippen LogP contribution in [-0.4, -0.2) is 56.3 Å². The lowest BCUT2D eigenvalue weighted by Gasteiger charge is -2.24. The normalized spacial score (nSPS) is 18.5. The van der Waals surface area contributed by atoms with Crippen LogP contribution in [0.25, 0.3) is 11.8 Å². The van der Waals surface area contributed by atoms with Gasteiger partial charge in [-0.2, -0.15) is 0 Å². The molecular formula is C18H19NO7. The quantitative estimate of drug-likeness (QED) is 0.748. The van der Waals surface area contributed by atoms with E-state index in [0.717, 1.165) is 0 Å². The molecule has 8 heteroatoms. The lowest BCUT2D eigenvalue weighted by molar-refractivity contribution is -0.117. The first kappa shape index (κ1) is 17.8. The van der Waals surface area contributed by atoms with E-state index >= 15 is 0 Å². The zero-order valence-corrected chi connectivity index (χ0v) is 14.5. The van der Waals surface area contributed by atoms with E-state index in [2.05, 4.69) is 0 Å². The van der Waals surface area contributed by atoms with Crippen molar-refractivity contribution in [1.29, 1.82) is 0 Å². The topological polar surface area (TPSA) is 98.4 Å². The molecular weight excluding hydrogens is 342 g/mol. The van der Waals surface area contributed by atoms with Crippen LogP contribution in [0.2, 0.25) is 0 Å². The van der Waals surface area contributed by atoms with Gasteiger partial charge < -0.3 is 28.6 Å². The molecule has 0 saturated carbocycles. The first-order chi connectivity index (χ1) is 12.5. The average Bonchev–Trinajstić information content (AvgIpc) is 2.65. The third-order valence-corrected chi connectivity index (χ3v) is 4.02. The monoisotopic (exact) mass is 361 g/mol. The molecule has 1 aromatic rings. The molecule has 0 radical (unpaired) electrons. The Labute approximate surface area is 148 Å². The van der Waals surface area contributed by atoms with E-state index in [1.807, 2.05) is 4.90 Å². The number of morpholine rings is 1. The standard InChI is InChI=1S/C18H19NO7/c1-23-14-7-11(8-15(24-2)17(14)22)18-16(21)13(20)9-12(26-18)10-19-3-5-25-6-4-19/h7-10,20H,3-6H2,1-2H3/b12-10+. The van der Waals surface area contributed by atoms with Gasteiger partial charge in [-0.15, -0.1) is 0 Å². The highest BCUT2D eigenvalue weighted by atomic mass is 16.5. The summed E-state index contributed by atoms with van der Waals surface area (Å²) in [6, 6.07) is 1.26. The van der Waals surface area contributed by atoms with Crippen molar-refractivity contribution in [3.8, 4) is 5.75 Å². The van der Waals surface area contributed by atoms with E-state index in [1.54, 1.807) is 6.20 Å². The lowest BCUT2D eigenvalue weighted by atomic mass is 10.1. The van der Waals surface area contributed by atoms with Crippen LogP contribution < -0.4 is 16.3 Å². The van der Waals surface area contributed by atoms with Gasteiger partial charge in [0, 0.05) is 30.9 Å². The molecule has 1 aliphatic carbocycles. The molecule has 2 heterocycles. The van der Waals surface area contributed by atoms with Crippen molar-refractivity contribution in [2.45, 2.75) is 0 Å². The maximum Gasteiger partial charge on any atom is 0.263 e. The minimum atomic E-state index is -0.688. The molecule has 8 nitrogen and oxygen atoms in total. The largest absolute Gasteiger partial charge is 0.504 e. The Morgan fingerprint density at radius 2 is 1.73 bits per heavy atom. The number of ether oxygens (including phenoxy) is 3. The van der Waals surface area contributed by atoms with Gasteiger partial charge in [0.05, 0.1) is 27.4 Å². The van der Waals surface area contributed by atoms with E-state index in [1.165, 1.54) is 32.4 Å². The number of ketones is 1. The number of aromatic hydroxyl groups is 1. The van der Waals surface area contributed by atoms with Crippen LogP contribution in [-0.2, 0) is 19.0 Å². The van der Waals surface area contributed by atoms with Gasteiger partial charge in [0.25, 0.3) is 11.2 Å². The summed E-state index contributed by atoms with van der Waals surface area (Å²) >= 11 is 0. The number of hydrogen-bond acceptors (Lipinski definition) is 8. The predicted octanol–water partition coefficient (Wildman–Crippen LogP) is -0.790. The highest BCUT2D eigenvalue weighted by Gasteiger charge is 2.23. The molecule has 1 saturated heterocycles. The lowest BCUT2D eigenvalue weighted by Crippen LogP contribution is -2.35. The van der Waals surface area contributed by atoms with E-state index in [0.29, 0.717) is 31.7 Å². The van der Waals surface area contributed by atoms with Crippen molar-refractivity contribution >= 4 is 17.6 Å². The number of methoxy groups -OCH3 is 2. The van der Waals surface area contributed by atoms with Crippen molar-refractivity contribution in [2.75, 3.05) is 40.5 Å². The fraction of sp³-hybridized carbons (Fsp3) is 0.333. The Morgan fingerprint density at radius 1 is 1.12 bits per heavy atom. The first-order valence-corrected chi connectivity index (χ1v) is 8.00. The average molecular weight is 361 g/mol. The Hall–Kier alpha value is -3.00. The Balaban J connectivity index is 2.20. The van der Waals surface area contributed by atoms with Crippen LogP contribution in [0.15, 0.2) is 38.9 Å². The number of Topliss-reactive ketones (excluding diaryl/α,β-unsaturated/α-hetero) is 1. The van der Waals surface area contributed by atoms with Crippen LogP contribution in [0.3, 0.4) is 0 Å². The molecule has 0 aromatic carbocycles. The molecule has 0 spiro atoms. The predicted molar refractivity (Wildman–Crippen MR) is 91.3 cm³/mol. The molecule has 0 bridgehead atoms. The number of carbonyl (C=O) groups is 1. The Bertz CT molecular complexity index is 923. The van der Waals surface area contributed by atoms with Gasteiger partial charge in [0.15, 0.2) is 22.7 Å². The van der Waals surface area contributed by atoms with E-state index in [-0.39, 0.29) is 22.5 Å². The Morgan fingerprint density at radius 3 is 2.31 bits per heavy atom.